The standard InChI is InChI=1S/C20H19N3O4S/c1-15(12-21)7-8-16-9-10-18(23-13-20(24)22-28(23,25)26)19(11-16)27-14-17-5-3-2-4-6-17/h2-11,15H,13-14H2,1H3,(H,22,24). The van der Waals surface area contributed by atoms with E-state index in [0.717, 1.165) is 15.4 Å². The molecule has 7 nitrogen and oxygen atoms in total. The van der Waals surface area contributed by atoms with Crippen LogP contribution in [0.1, 0.15) is 18.1 Å². The fourth-order valence-corrected chi connectivity index (χ4v) is 3.81. The molecule has 1 fully saturated rings. The minimum absolute atomic E-state index is 0.241. The summed E-state index contributed by atoms with van der Waals surface area (Å²) in [6, 6.07) is 16.6. The predicted octanol–water partition coefficient (Wildman–Crippen LogP) is 2.62. The third-order valence-corrected chi connectivity index (χ3v) is 5.48. The van der Waals surface area contributed by atoms with Gasteiger partial charge in [0.1, 0.15) is 18.9 Å². The Morgan fingerprint density at radius 1 is 1.29 bits per heavy atom. The molecule has 144 valence electrons. The second-order valence-electron chi connectivity index (χ2n) is 6.32. The molecule has 1 N–H and O–H groups in total. The van der Waals surface area contributed by atoms with Gasteiger partial charge in [0.15, 0.2) is 0 Å². The normalized spacial score (nSPS) is 16.6. The van der Waals surface area contributed by atoms with Crippen molar-refractivity contribution in [1.29, 1.82) is 5.26 Å². The van der Waals surface area contributed by atoms with E-state index in [1.54, 1.807) is 37.3 Å². The quantitative estimate of drug-likeness (QED) is 0.808. The van der Waals surface area contributed by atoms with Crippen LogP contribution in [-0.2, 0) is 21.6 Å². The Bertz CT molecular complexity index is 1040. The highest BCUT2D eigenvalue weighted by atomic mass is 32.2. The van der Waals surface area contributed by atoms with Crippen molar-refractivity contribution in [3.8, 4) is 11.8 Å². The van der Waals surface area contributed by atoms with Crippen molar-refractivity contribution >= 4 is 27.9 Å². The number of anilines is 1. The summed E-state index contributed by atoms with van der Waals surface area (Å²) in [7, 11) is -3.94. The van der Waals surface area contributed by atoms with E-state index >= 15 is 0 Å². The average Bonchev–Trinajstić information content (AvgIpc) is 2.97. The van der Waals surface area contributed by atoms with Gasteiger partial charge in [0.25, 0.3) is 5.91 Å². The first-order valence-electron chi connectivity index (χ1n) is 8.61. The Labute approximate surface area is 164 Å². The summed E-state index contributed by atoms with van der Waals surface area (Å²) < 4.78 is 33.3. The number of nitrogens with zero attached hydrogens (tertiary/aromatic N) is 2. The summed E-state index contributed by atoms with van der Waals surface area (Å²) in [5.74, 6) is -0.523. The van der Waals surface area contributed by atoms with Gasteiger partial charge in [-0.2, -0.15) is 13.7 Å². The number of rotatable bonds is 6. The van der Waals surface area contributed by atoms with Crippen LogP contribution >= 0.6 is 0 Å². The molecular weight excluding hydrogens is 378 g/mol. The molecule has 1 saturated heterocycles. The Morgan fingerprint density at radius 3 is 2.68 bits per heavy atom. The van der Waals surface area contributed by atoms with Gasteiger partial charge in [0.2, 0.25) is 0 Å². The molecule has 0 spiro atoms. The number of allylic oxidation sites excluding steroid dienone is 1. The number of carbonyl (C=O) groups is 1. The van der Waals surface area contributed by atoms with Crippen molar-refractivity contribution in [2.24, 2.45) is 5.92 Å². The number of hydrogen-bond acceptors (Lipinski definition) is 5. The van der Waals surface area contributed by atoms with Crippen LogP contribution in [0.3, 0.4) is 0 Å². The first kappa shape index (κ1) is 19.5. The molecule has 0 aliphatic carbocycles. The van der Waals surface area contributed by atoms with Crippen molar-refractivity contribution in [2.75, 3.05) is 10.8 Å². The summed E-state index contributed by atoms with van der Waals surface area (Å²) >= 11 is 0. The lowest BCUT2D eigenvalue weighted by molar-refractivity contribution is -0.117. The minimum atomic E-state index is -3.94. The molecule has 1 atom stereocenters. The maximum Gasteiger partial charge on any atom is 0.326 e. The first-order chi connectivity index (χ1) is 13.4. The van der Waals surface area contributed by atoms with E-state index in [-0.39, 0.29) is 24.8 Å². The van der Waals surface area contributed by atoms with E-state index in [1.807, 2.05) is 35.1 Å². The fraction of sp³-hybridized carbons (Fsp3) is 0.200. The minimum Gasteiger partial charge on any atom is -0.487 e. The lowest BCUT2D eigenvalue weighted by atomic mass is 10.1. The van der Waals surface area contributed by atoms with Crippen LogP contribution < -0.4 is 13.8 Å². The molecule has 1 unspecified atom stereocenters. The maximum atomic E-state index is 12.2. The molecule has 1 aliphatic heterocycles. The van der Waals surface area contributed by atoms with E-state index in [9.17, 15) is 13.2 Å². The zero-order chi connectivity index (χ0) is 20.1. The van der Waals surface area contributed by atoms with Crippen molar-refractivity contribution in [2.45, 2.75) is 13.5 Å². The van der Waals surface area contributed by atoms with Crippen LogP contribution in [0.25, 0.3) is 6.08 Å². The molecular formula is C20H19N3O4S. The van der Waals surface area contributed by atoms with E-state index in [4.69, 9.17) is 10.00 Å². The zero-order valence-corrected chi connectivity index (χ0v) is 16.0. The Hall–Kier alpha value is -3.31. The SMILES string of the molecule is CC(C#N)C=Cc1ccc(N2CC(=O)NS2(=O)=O)c(OCc2ccccc2)c1. The summed E-state index contributed by atoms with van der Waals surface area (Å²) in [6.45, 7) is 1.71. The first-order valence-corrected chi connectivity index (χ1v) is 10.0. The van der Waals surface area contributed by atoms with Gasteiger partial charge in [0.05, 0.1) is 17.7 Å². The molecule has 1 aliphatic rings. The van der Waals surface area contributed by atoms with Crippen molar-refractivity contribution < 1.29 is 17.9 Å². The van der Waals surface area contributed by atoms with Gasteiger partial charge in [-0.1, -0.05) is 48.6 Å². The molecule has 0 saturated carbocycles. The van der Waals surface area contributed by atoms with Crippen LogP contribution in [0.2, 0.25) is 0 Å². The number of carbonyl (C=O) groups excluding carboxylic acids is 1. The number of amides is 1. The van der Waals surface area contributed by atoms with Crippen LogP contribution in [-0.4, -0.2) is 20.9 Å². The molecule has 1 amide bonds. The van der Waals surface area contributed by atoms with Crippen LogP contribution in [0.15, 0.2) is 54.6 Å². The predicted molar refractivity (Wildman–Crippen MR) is 105 cm³/mol. The Morgan fingerprint density at radius 2 is 2.04 bits per heavy atom. The van der Waals surface area contributed by atoms with Crippen LogP contribution in [0.5, 0.6) is 5.75 Å². The number of ether oxygens (including phenoxy) is 1. The largest absolute Gasteiger partial charge is 0.487 e. The fourth-order valence-electron chi connectivity index (χ4n) is 2.65. The number of nitrogens with one attached hydrogen (secondary N) is 1. The van der Waals surface area contributed by atoms with Crippen molar-refractivity contribution in [3.63, 3.8) is 0 Å². The van der Waals surface area contributed by atoms with Gasteiger partial charge in [-0.25, -0.2) is 9.03 Å². The molecule has 3 rings (SSSR count). The molecule has 2 aromatic rings. The number of nitriles is 1. The van der Waals surface area contributed by atoms with E-state index in [0.29, 0.717) is 5.75 Å². The Kier molecular flexibility index (Phi) is 5.66. The second kappa shape index (κ2) is 8.15. The van der Waals surface area contributed by atoms with Crippen LogP contribution in [0, 0.1) is 17.2 Å². The van der Waals surface area contributed by atoms with Gasteiger partial charge in [-0.05, 0) is 30.2 Å². The maximum absolute atomic E-state index is 12.2. The van der Waals surface area contributed by atoms with Crippen LogP contribution in [0.4, 0.5) is 5.69 Å². The molecule has 0 radical (unpaired) electrons. The van der Waals surface area contributed by atoms with Gasteiger partial charge < -0.3 is 4.74 Å². The van der Waals surface area contributed by atoms with Gasteiger partial charge >= 0.3 is 10.2 Å². The van der Waals surface area contributed by atoms with E-state index < -0.39 is 16.1 Å². The molecule has 0 aromatic heterocycles. The molecule has 28 heavy (non-hydrogen) atoms. The number of benzene rings is 2. The third kappa shape index (κ3) is 4.50. The molecule has 1 heterocycles. The van der Waals surface area contributed by atoms with Gasteiger partial charge in [-0.15, -0.1) is 0 Å². The molecule has 0 bridgehead atoms. The molecule has 8 heteroatoms. The number of hydrogen-bond donors (Lipinski definition) is 1. The monoisotopic (exact) mass is 397 g/mol. The zero-order valence-electron chi connectivity index (χ0n) is 15.2. The average molecular weight is 397 g/mol. The lowest BCUT2D eigenvalue weighted by Crippen LogP contribution is -2.29. The lowest BCUT2D eigenvalue weighted by Gasteiger charge is -2.19. The molecule has 2 aromatic carbocycles. The Balaban J connectivity index is 1.95. The van der Waals surface area contributed by atoms with Crippen molar-refractivity contribution in [3.05, 3.63) is 65.7 Å². The van der Waals surface area contributed by atoms with E-state index in [2.05, 4.69) is 6.07 Å². The summed E-state index contributed by atoms with van der Waals surface area (Å²) in [6.07, 6.45) is 3.52. The topological polar surface area (TPSA) is 99.5 Å². The van der Waals surface area contributed by atoms with Gasteiger partial charge in [-0.3, -0.25) is 4.79 Å². The smallest absolute Gasteiger partial charge is 0.326 e. The van der Waals surface area contributed by atoms with Crippen molar-refractivity contribution in [1.82, 2.24) is 4.72 Å². The van der Waals surface area contributed by atoms with E-state index in [1.165, 1.54) is 0 Å². The van der Waals surface area contributed by atoms with Gasteiger partial charge in [0, 0.05) is 0 Å². The highest BCUT2D eigenvalue weighted by Gasteiger charge is 2.35. The summed E-state index contributed by atoms with van der Waals surface area (Å²) in [4.78, 5) is 11.6. The third-order valence-electron chi connectivity index (χ3n) is 4.09. The second-order valence-corrected chi connectivity index (χ2v) is 7.91. The summed E-state index contributed by atoms with van der Waals surface area (Å²) in [5, 5.41) is 8.91. The highest BCUT2D eigenvalue weighted by Crippen LogP contribution is 2.33. The highest BCUT2D eigenvalue weighted by molar-refractivity contribution is 7.92. The summed E-state index contributed by atoms with van der Waals surface area (Å²) in [5.41, 5.74) is 1.95.